The van der Waals surface area contributed by atoms with Crippen LogP contribution in [0.25, 0.3) is 11.1 Å². The van der Waals surface area contributed by atoms with Gasteiger partial charge < -0.3 is 15.2 Å². The summed E-state index contributed by atoms with van der Waals surface area (Å²) in [5, 5.41) is 0. The lowest BCUT2D eigenvalue weighted by Crippen LogP contribution is -1.94. The van der Waals surface area contributed by atoms with Gasteiger partial charge in [-0.25, -0.2) is 0 Å². The van der Waals surface area contributed by atoms with Gasteiger partial charge in [-0.3, -0.25) is 0 Å². The van der Waals surface area contributed by atoms with Crippen molar-refractivity contribution in [1.29, 1.82) is 0 Å². The van der Waals surface area contributed by atoms with Crippen molar-refractivity contribution in [1.82, 2.24) is 0 Å². The monoisotopic (exact) mass is 243 g/mol. The molecule has 0 spiro atoms. The van der Waals surface area contributed by atoms with Crippen molar-refractivity contribution in [2.45, 2.75) is 6.92 Å². The number of aryl methyl sites for hydroxylation is 1. The van der Waals surface area contributed by atoms with Crippen molar-refractivity contribution in [2.75, 3.05) is 20.0 Å². The van der Waals surface area contributed by atoms with Crippen molar-refractivity contribution in [3.8, 4) is 22.6 Å². The molecule has 0 atom stereocenters. The smallest absolute Gasteiger partial charge is 0.141 e. The van der Waals surface area contributed by atoms with E-state index in [9.17, 15) is 0 Å². The van der Waals surface area contributed by atoms with Gasteiger partial charge >= 0.3 is 0 Å². The van der Waals surface area contributed by atoms with Gasteiger partial charge in [-0.15, -0.1) is 0 Å². The van der Waals surface area contributed by atoms with E-state index in [1.807, 2.05) is 30.3 Å². The van der Waals surface area contributed by atoms with Crippen LogP contribution >= 0.6 is 0 Å². The first-order valence-corrected chi connectivity index (χ1v) is 5.74. The maximum atomic E-state index is 5.93. The summed E-state index contributed by atoms with van der Waals surface area (Å²) >= 11 is 0. The maximum absolute atomic E-state index is 5.93. The summed E-state index contributed by atoms with van der Waals surface area (Å²) in [6, 6.07) is 11.8. The summed E-state index contributed by atoms with van der Waals surface area (Å²) in [5.74, 6) is 1.52. The number of nitrogen functional groups attached to an aromatic ring is 1. The van der Waals surface area contributed by atoms with Crippen LogP contribution in [0, 0.1) is 6.92 Å². The Balaban J connectivity index is 2.54. The van der Waals surface area contributed by atoms with Crippen LogP contribution in [-0.2, 0) is 0 Å². The lowest BCUT2D eigenvalue weighted by Gasteiger charge is -2.11. The van der Waals surface area contributed by atoms with E-state index in [1.54, 1.807) is 14.2 Å². The first-order chi connectivity index (χ1) is 8.65. The van der Waals surface area contributed by atoms with Gasteiger partial charge in [-0.2, -0.15) is 0 Å². The molecule has 0 bridgehead atoms. The Morgan fingerprint density at radius 2 is 1.56 bits per heavy atom. The Morgan fingerprint density at radius 1 is 0.889 bits per heavy atom. The molecule has 0 heterocycles. The maximum Gasteiger partial charge on any atom is 0.141 e. The van der Waals surface area contributed by atoms with Crippen LogP contribution < -0.4 is 15.2 Å². The molecule has 18 heavy (non-hydrogen) atoms. The first kappa shape index (κ1) is 12.3. The number of anilines is 1. The van der Waals surface area contributed by atoms with E-state index in [1.165, 1.54) is 5.56 Å². The summed E-state index contributed by atoms with van der Waals surface area (Å²) in [4.78, 5) is 0. The molecule has 3 nitrogen and oxygen atoms in total. The van der Waals surface area contributed by atoms with Crippen molar-refractivity contribution in [3.05, 3.63) is 42.0 Å². The number of benzene rings is 2. The third-order valence-electron chi connectivity index (χ3n) is 2.90. The van der Waals surface area contributed by atoms with Crippen LogP contribution in [0.5, 0.6) is 11.5 Å². The predicted octanol–water partition coefficient (Wildman–Crippen LogP) is 3.26. The minimum atomic E-state index is 0.624. The SMILES string of the molecule is COc1ccc(-c2cc(C)ccc2OC)cc1N. The average Bonchev–Trinajstić information content (AvgIpc) is 2.38. The van der Waals surface area contributed by atoms with Crippen molar-refractivity contribution in [3.63, 3.8) is 0 Å². The van der Waals surface area contributed by atoms with E-state index >= 15 is 0 Å². The summed E-state index contributed by atoms with van der Waals surface area (Å²) in [5.41, 5.74) is 9.79. The molecule has 3 heteroatoms. The molecular weight excluding hydrogens is 226 g/mol. The fraction of sp³-hybridized carbons (Fsp3) is 0.200. The topological polar surface area (TPSA) is 44.5 Å². The molecule has 0 saturated heterocycles. The molecule has 2 aromatic carbocycles. The normalized spacial score (nSPS) is 10.2. The zero-order valence-electron chi connectivity index (χ0n) is 10.9. The Labute approximate surface area is 107 Å². The summed E-state index contributed by atoms with van der Waals surface area (Å²) in [7, 11) is 3.28. The number of nitrogens with two attached hydrogens (primary N) is 1. The largest absolute Gasteiger partial charge is 0.496 e. The van der Waals surface area contributed by atoms with Crippen molar-refractivity contribution >= 4 is 5.69 Å². The predicted molar refractivity (Wildman–Crippen MR) is 74.1 cm³/mol. The summed E-state index contributed by atoms with van der Waals surface area (Å²) in [6.07, 6.45) is 0. The van der Waals surface area contributed by atoms with Gasteiger partial charge in [0.05, 0.1) is 19.9 Å². The molecule has 0 amide bonds. The molecule has 2 N–H and O–H groups in total. The third kappa shape index (κ3) is 2.25. The molecule has 94 valence electrons. The standard InChI is InChI=1S/C15H17NO2/c1-10-4-6-14(17-2)12(8-10)11-5-7-15(18-3)13(16)9-11/h4-9H,16H2,1-3H3. The molecular formula is C15H17NO2. The van der Waals surface area contributed by atoms with Gasteiger partial charge in [0.15, 0.2) is 0 Å². The highest BCUT2D eigenvalue weighted by Crippen LogP contribution is 2.34. The molecule has 2 rings (SSSR count). The fourth-order valence-corrected chi connectivity index (χ4v) is 1.95. The number of ether oxygens (including phenoxy) is 2. The van der Waals surface area contributed by atoms with E-state index < -0.39 is 0 Å². The highest BCUT2D eigenvalue weighted by atomic mass is 16.5. The third-order valence-corrected chi connectivity index (χ3v) is 2.90. The Kier molecular flexibility index (Phi) is 3.42. The van der Waals surface area contributed by atoms with Gasteiger partial charge in [0.2, 0.25) is 0 Å². The van der Waals surface area contributed by atoms with E-state index in [2.05, 4.69) is 13.0 Å². The molecule has 0 radical (unpaired) electrons. The van der Waals surface area contributed by atoms with E-state index in [4.69, 9.17) is 15.2 Å². The van der Waals surface area contributed by atoms with Crippen molar-refractivity contribution in [2.24, 2.45) is 0 Å². The van der Waals surface area contributed by atoms with Crippen LogP contribution in [0.3, 0.4) is 0 Å². The van der Waals surface area contributed by atoms with Gasteiger partial charge in [-0.1, -0.05) is 17.7 Å². The Hall–Kier alpha value is -2.16. The highest BCUT2D eigenvalue weighted by molar-refractivity contribution is 5.75. The van der Waals surface area contributed by atoms with Gasteiger partial charge in [0.25, 0.3) is 0 Å². The van der Waals surface area contributed by atoms with Gasteiger partial charge in [-0.05, 0) is 36.8 Å². The number of methoxy groups -OCH3 is 2. The van der Waals surface area contributed by atoms with Crippen LogP contribution in [0.2, 0.25) is 0 Å². The molecule has 0 fully saturated rings. The molecule has 0 aromatic heterocycles. The molecule has 0 aliphatic rings. The number of rotatable bonds is 3. The van der Waals surface area contributed by atoms with Crippen LogP contribution in [0.15, 0.2) is 36.4 Å². The van der Waals surface area contributed by atoms with Gasteiger partial charge in [0, 0.05) is 5.56 Å². The summed E-state index contributed by atoms with van der Waals surface area (Å²) < 4.78 is 10.5. The highest BCUT2D eigenvalue weighted by Gasteiger charge is 2.08. The van der Waals surface area contributed by atoms with Gasteiger partial charge in [0.1, 0.15) is 11.5 Å². The zero-order valence-corrected chi connectivity index (χ0v) is 10.9. The molecule has 0 aliphatic heterocycles. The van der Waals surface area contributed by atoms with Crippen molar-refractivity contribution < 1.29 is 9.47 Å². The Bertz CT molecular complexity index is 564. The molecule has 0 unspecified atom stereocenters. The van der Waals surface area contributed by atoms with Crippen LogP contribution in [0.1, 0.15) is 5.56 Å². The lowest BCUT2D eigenvalue weighted by atomic mass is 10.0. The quantitative estimate of drug-likeness (QED) is 0.841. The second kappa shape index (κ2) is 5.00. The zero-order chi connectivity index (χ0) is 13.1. The Morgan fingerprint density at radius 3 is 2.17 bits per heavy atom. The van der Waals surface area contributed by atoms with E-state index in [-0.39, 0.29) is 0 Å². The minimum absolute atomic E-state index is 0.624. The van der Waals surface area contributed by atoms with Crippen LogP contribution in [-0.4, -0.2) is 14.2 Å². The minimum Gasteiger partial charge on any atom is -0.496 e. The molecule has 0 aliphatic carbocycles. The fourth-order valence-electron chi connectivity index (χ4n) is 1.95. The second-order valence-corrected chi connectivity index (χ2v) is 4.16. The second-order valence-electron chi connectivity index (χ2n) is 4.16. The first-order valence-electron chi connectivity index (χ1n) is 5.74. The molecule has 2 aromatic rings. The average molecular weight is 243 g/mol. The number of hydrogen-bond donors (Lipinski definition) is 1. The van der Waals surface area contributed by atoms with E-state index in [0.29, 0.717) is 11.4 Å². The number of hydrogen-bond acceptors (Lipinski definition) is 3. The summed E-state index contributed by atoms with van der Waals surface area (Å²) in [6.45, 7) is 2.05. The molecule has 0 saturated carbocycles. The van der Waals surface area contributed by atoms with E-state index in [0.717, 1.165) is 16.9 Å². The lowest BCUT2D eigenvalue weighted by molar-refractivity contribution is 0.415. The van der Waals surface area contributed by atoms with Crippen LogP contribution in [0.4, 0.5) is 5.69 Å².